The summed E-state index contributed by atoms with van der Waals surface area (Å²) in [7, 11) is 0. The molecular formula is C18H16BrFN2O4. The molecule has 0 radical (unpaired) electrons. The smallest absolute Gasteiger partial charge is 0.341 e. The molecule has 1 unspecified atom stereocenters. The molecule has 0 fully saturated rings. The molecule has 0 bridgehead atoms. The maximum atomic E-state index is 13.7. The molecule has 2 N–H and O–H groups in total. The van der Waals surface area contributed by atoms with E-state index in [9.17, 15) is 18.8 Å². The number of hydrogen-bond donors (Lipinski definition) is 2. The van der Waals surface area contributed by atoms with Crippen LogP contribution in [-0.2, 0) is 16.1 Å². The van der Waals surface area contributed by atoms with Gasteiger partial charge in [0.25, 0.3) is 5.91 Å². The third-order valence-corrected chi connectivity index (χ3v) is 3.83. The minimum absolute atomic E-state index is 0.234. The van der Waals surface area contributed by atoms with Crippen molar-refractivity contribution in [1.29, 1.82) is 0 Å². The number of imide groups is 1. The van der Waals surface area contributed by atoms with E-state index < -0.39 is 29.8 Å². The van der Waals surface area contributed by atoms with Gasteiger partial charge >= 0.3 is 12.0 Å². The zero-order valence-corrected chi connectivity index (χ0v) is 15.4. The van der Waals surface area contributed by atoms with Gasteiger partial charge in [-0.3, -0.25) is 10.1 Å². The van der Waals surface area contributed by atoms with E-state index >= 15 is 0 Å². The summed E-state index contributed by atoms with van der Waals surface area (Å²) in [4.78, 5) is 35.6. The summed E-state index contributed by atoms with van der Waals surface area (Å²) in [5.74, 6) is -2.60. The number of carbonyl (C=O) groups excluding carboxylic acids is 3. The molecule has 2 aromatic carbocycles. The number of esters is 1. The lowest BCUT2D eigenvalue weighted by Gasteiger charge is -2.14. The highest BCUT2D eigenvalue weighted by atomic mass is 79.9. The summed E-state index contributed by atoms with van der Waals surface area (Å²) in [5, 5.41) is 4.57. The topological polar surface area (TPSA) is 84.5 Å². The lowest BCUT2D eigenvalue weighted by molar-refractivity contribution is -0.127. The van der Waals surface area contributed by atoms with E-state index in [1.807, 2.05) is 30.3 Å². The summed E-state index contributed by atoms with van der Waals surface area (Å²) < 4.78 is 19.1. The van der Waals surface area contributed by atoms with Crippen molar-refractivity contribution in [1.82, 2.24) is 10.6 Å². The van der Waals surface area contributed by atoms with Crippen LogP contribution in [0.3, 0.4) is 0 Å². The molecule has 0 saturated carbocycles. The van der Waals surface area contributed by atoms with Gasteiger partial charge in [0.2, 0.25) is 0 Å². The molecule has 0 aliphatic rings. The van der Waals surface area contributed by atoms with E-state index in [2.05, 4.69) is 26.6 Å². The minimum atomic E-state index is -1.27. The molecule has 2 rings (SSSR count). The molecule has 0 heterocycles. The van der Waals surface area contributed by atoms with E-state index in [-0.39, 0.29) is 12.1 Å². The largest absolute Gasteiger partial charge is 0.449 e. The van der Waals surface area contributed by atoms with Crippen LogP contribution in [0, 0.1) is 5.82 Å². The van der Waals surface area contributed by atoms with Crippen molar-refractivity contribution in [2.75, 3.05) is 0 Å². The first kappa shape index (κ1) is 19.6. The second-order valence-corrected chi connectivity index (χ2v) is 6.24. The molecular weight excluding hydrogens is 407 g/mol. The Morgan fingerprint density at radius 3 is 2.54 bits per heavy atom. The Balaban J connectivity index is 1.85. The molecule has 0 saturated heterocycles. The van der Waals surface area contributed by atoms with Crippen LogP contribution in [-0.4, -0.2) is 24.0 Å². The first-order chi connectivity index (χ1) is 12.4. The fourth-order valence-electron chi connectivity index (χ4n) is 1.97. The van der Waals surface area contributed by atoms with Crippen LogP contribution in [0.5, 0.6) is 0 Å². The van der Waals surface area contributed by atoms with Crippen LogP contribution in [0.25, 0.3) is 0 Å². The normalized spacial score (nSPS) is 11.3. The molecule has 2 aromatic rings. The van der Waals surface area contributed by atoms with Crippen LogP contribution < -0.4 is 10.6 Å². The second kappa shape index (κ2) is 9.10. The van der Waals surface area contributed by atoms with Crippen molar-refractivity contribution in [3.8, 4) is 0 Å². The number of halogens is 2. The number of carbonyl (C=O) groups is 3. The van der Waals surface area contributed by atoms with Crippen LogP contribution >= 0.6 is 15.9 Å². The number of benzene rings is 2. The first-order valence-electron chi connectivity index (χ1n) is 7.65. The average Bonchev–Trinajstić information content (AvgIpc) is 2.62. The fourth-order valence-corrected chi connectivity index (χ4v) is 2.33. The molecule has 136 valence electrons. The molecule has 0 aliphatic heterocycles. The van der Waals surface area contributed by atoms with Gasteiger partial charge in [-0.15, -0.1) is 0 Å². The standard InChI is InChI=1S/C18H16BrFN2O4/c1-11(26-17(24)14-9-13(19)7-8-15(14)20)16(23)22-18(25)21-10-12-5-3-2-4-6-12/h2-9,11H,10H2,1H3,(H2,21,22,23,25). The highest BCUT2D eigenvalue weighted by Gasteiger charge is 2.22. The lowest BCUT2D eigenvalue weighted by Crippen LogP contribution is -2.44. The molecule has 8 heteroatoms. The minimum Gasteiger partial charge on any atom is -0.449 e. The Bertz CT molecular complexity index is 814. The van der Waals surface area contributed by atoms with Gasteiger partial charge in [-0.1, -0.05) is 46.3 Å². The quantitative estimate of drug-likeness (QED) is 0.724. The maximum Gasteiger partial charge on any atom is 0.341 e. The number of rotatable bonds is 5. The Morgan fingerprint density at radius 2 is 1.85 bits per heavy atom. The number of ether oxygens (including phenoxy) is 1. The summed E-state index contributed by atoms with van der Waals surface area (Å²) in [6.45, 7) is 1.52. The first-order valence-corrected chi connectivity index (χ1v) is 8.45. The van der Waals surface area contributed by atoms with Crippen LogP contribution in [0.4, 0.5) is 9.18 Å². The molecule has 1 atom stereocenters. The fraction of sp³-hybridized carbons (Fsp3) is 0.167. The third-order valence-electron chi connectivity index (χ3n) is 3.33. The molecule has 0 aromatic heterocycles. The number of urea groups is 1. The van der Waals surface area contributed by atoms with E-state index in [0.29, 0.717) is 4.47 Å². The predicted molar refractivity (Wildman–Crippen MR) is 95.8 cm³/mol. The van der Waals surface area contributed by atoms with Crippen LogP contribution in [0.2, 0.25) is 0 Å². The highest BCUT2D eigenvalue weighted by molar-refractivity contribution is 9.10. The van der Waals surface area contributed by atoms with Gasteiger partial charge in [0, 0.05) is 11.0 Å². The van der Waals surface area contributed by atoms with Crippen molar-refractivity contribution in [2.24, 2.45) is 0 Å². The zero-order valence-electron chi connectivity index (χ0n) is 13.8. The lowest BCUT2D eigenvalue weighted by atomic mass is 10.2. The Labute approximate surface area is 157 Å². The summed E-state index contributed by atoms with van der Waals surface area (Å²) >= 11 is 3.12. The Morgan fingerprint density at radius 1 is 1.15 bits per heavy atom. The van der Waals surface area contributed by atoms with E-state index in [0.717, 1.165) is 11.6 Å². The average molecular weight is 423 g/mol. The maximum absolute atomic E-state index is 13.7. The van der Waals surface area contributed by atoms with Crippen molar-refractivity contribution >= 4 is 33.8 Å². The summed E-state index contributed by atoms with van der Waals surface area (Å²) in [6, 6.07) is 12.2. The van der Waals surface area contributed by atoms with Gasteiger partial charge < -0.3 is 10.1 Å². The van der Waals surface area contributed by atoms with Crippen molar-refractivity contribution in [2.45, 2.75) is 19.6 Å². The molecule has 6 nitrogen and oxygen atoms in total. The van der Waals surface area contributed by atoms with Gasteiger partial charge in [0.15, 0.2) is 6.10 Å². The Kier molecular flexibility index (Phi) is 6.85. The Hall–Kier alpha value is -2.74. The van der Waals surface area contributed by atoms with Crippen LogP contribution in [0.1, 0.15) is 22.8 Å². The molecule has 3 amide bonds. The van der Waals surface area contributed by atoms with Gasteiger partial charge in [0.05, 0.1) is 5.56 Å². The van der Waals surface area contributed by atoms with E-state index in [1.54, 1.807) is 0 Å². The van der Waals surface area contributed by atoms with Gasteiger partial charge in [-0.25, -0.2) is 14.0 Å². The molecule has 26 heavy (non-hydrogen) atoms. The summed E-state index contributed by atoms with van der Waals surface area (Å²) in [6.07, 6.45) is -1.27. The second-order valence-electron chi connectivity index (χ2n) is 5.33. The monoisotopic (exact) mass is 422 g/mol. The van der Waals surface area contributed by atoms with Gasteiger partial charge in [0.1, 0.15) is 5.82 Å². The molecule has 0 spiro atoms. The van der Waals surface area contributed by atoms with Gasteiger partial charge in [-0.2, -0.15) is 0 Å². The third kappa shape index (κ3) is 5.66. The number of hydrogen-bond acceptors (Lipinski definition) is 4. The van der Waals surface area contributed by atoms with Crippen molar-refractivity contribution in [3.63, 3.8) is 0 Å². The number of amides is 3. The van der Waals surface area contributed by atoms with Gasteiger partial charge in [-0.05, 0) is 30.7 Å². The van der Waals surface area contributed by atoms with E-state index in [1.165, 1.54) is 19.1 Å². The predicted octanol–water partition coefficient (Wildman–Crippen LogP) is 3.16. The number of nitrogens with one attached hydrogen (secondary N) is 2. The molecule has 0 aliphatic carbocycles. The SMILES string of the molecule is CC(OC(=O)c1cc(Br)ccc1F)C(=O)NC(=O)NCc1ccccc1. The van der Waals surface area contributed by atoms with Crippen molar-refractivity contribution < 1.29 is 23.5 Å². The summed E-state index contributed by atoms with van der Waals surface area (Å²) in [5.41, 5.74) is 0.548. The van der Waals surface area contributed by atoms with Crippen molar-refractivity contribution in [3.05, 3.63) is 69.9 Å². The zero-order chi connectivity index (χ0) is 19.1. The van der Waals surface area contributed by atoms with Crippen LogP contribution in [0.15, 0.2) is 53.0 Å². The highest BCUT2D eigenvalue weighted by Crippen LogP contribution is 2.17. The van der Waals surface area contributed by atoms with E-state index in [4.69, 9.17) is 4.74 Å².